The van der Waals surface area contributed by atoms with Crippen molar-refractivity contribution >= 4 is 16.8 Å². The summed E-state index contributed by atoms with van der Waals surface area (Å²) in [4.78, 5) is 26.2. The number of Topliss-reactive ketones (excluding diaryl/α,β-unsaturated/α-hetero) is 1. The van der Waals surface area contributed by atoms with E-state index in [1.807, 2.05) is 18.2 Å². The fourth-order valence-electron chi connectivity index (χ4n) is 5.62. The molecule has 6 rings (SSSR count). The van der Waals surface area contributed by atoms with Crippen molar-refractivity contribution < 1.29 is 9.21 Å². The number of allylic oxidation sites excluding steroid dienone is 2. The van der Waals surface area contributed by atoms with Crippen molar-refractivity contribution in [2.45, 2.75) is 39.5 Å². The van der Waals surface area contributed by atoms with Crippen LogP contribution in [0.25, 0.3) is 22.1 Å². The van der Waals surface area contributed by atoms with Gasteiger partial charge >= 0.3 is 0 Å². The predicted molar refractivity (Wildman–Crippen MR) is 131 cm³/mol. The van der Waals surface area contributed by atoms with Crippen LogP contribution in [-0.2, 0) is 12.8 Å². The quantitative estimate of drug-likeness (QED) is 0.325. The van der Waals surface area contributed by atoms with Crippen LogP contribution in [0.15, 0.2) is 75.5 Å². The molecular weight excluding hydrogens is 408 g/mol. The maximum atomic E-state index is 13.6. The number of aryl methyl sites for hydroxylation is 2. The lowest BCUT2D eigenvalue weighted by Gasteiger charge is -2.30. The second kappa shape index (κ2) is 7.14. The van der Waals surface area contributed by atoms with Gasteiger partial charge in [0.05, 0.1) is 5.39 Å². The maximum absolute atomic E-state index is 13.6. The molecule has 0 saturated carbocycles. The van der Waals surface area contributed by atoms with Crippen molar-refractivity contribution in [3.8, 4) is 11.1 Å². The molecule has 0 spiro atoms. The average molecular weight is 433 g/mol. The average Bonchev–Trinajstić information content (AvgIpc) is 2.77. The molecule has 2 aliphatic rings. The second-order valence-electron chi connectivity index (χ2n) is 9.43. The van der Waals surface area contributed by atoms with Gasteiger partial charge in [0.25, 0.3) is 0 Å². The van der Waals surface area contributed by atoms with Gasteiger partial charge in [-0.2, -0.15) is 0 Å². The van der Waals surface area contributed by atoms with Crippen molar-refractivity contribution in [3.63, 3.8) is 0 Å². The van der Waals surface area contributed by atoms with Gasteiger partial charge in [0, 0.05) is 29.5 Å². The van der Waals surface area contributed by atoms with Crippen LogP contribution >= 0.6 is 0 Å². The molecule has 0 radical (unpaired) electrons. The molecule has 1 heterocycles. The topological polar surface area (TPSA) is 47.3 Å². The first-order valence-electron chi connectivity index (χ1n) is 11.4. The zero-order chi connectivity index (χ0) is 22.9. The predicted octanol–water partition coefficient (Wildman–Crippen LogP) is 6.45. The number of para-hydroxylation sites is 1. The van der Waals surface area contributed by atoms with Crippen molar-refractivity contribution in [1.82, 2.24) is 0 Å². The molecule has 1 atom stereocenters. The number of hydrogen-bond acceptors (Lipinski definition) is 3. The van der Waals surface area contributed by atoms with Gasteiger partial charge in [-0.15, -0.1) is 0 Å². The highest BCUT2D eigenvalue weighted by molar-refractivity contribution is 6.09. The summed E-state index contributed by atoms with van der Waals surface area (Å²) in [7, 11) is 0. The van der Waals surface area contributed by atoms with Gasteiger partial charge in [0.1, 0.15) is 11.3 Å². The highest BCUT2D eigenvalue weighted by Crippen LogP contribution is 2.45. The summed E-state index contributed by atoms with van der Waals surface area (Å²) in [6, 6.07) is 18.0. The summed E-state index contributed by atoms with van der Waals surface area (Å²) in [5, 5.41) is 0.577. The fraction of sp³-hybridized carbons (Fsp3) is 0.200. The fourth-order valence-corrected chi connectivity index (χ4v) is 5.62. The Morgan fingerprint density at radius 1 is 0.848 bits per heavy atom. The van der Waals surface area contributed by atoms with E-state index < -0.39 is 0 Å². The summed E-state index contributed by atoms with van der Waals surface area (Å²) in [6.45, 7) is 5.99. The molecule has 3 aromatic carbocycles. The van der Waals surface area contributed by atoms with Gasteiger partial charge in [0.2, 0.25) is 0 Å². The third-order valence-corrected chi connectivity index (χ3v) is 6.99. The molecule has 3 nitrogen and oxygen atoms in total. The van der Waals surface area contributed by atoms with E-state index in [9.17, 15) is 9.59 Å². The van der Waals surface area contributed by atoms with Crippen LogP contribution in [0, 0.1) is 13.8 Å². The Kier molecular flexibility index (Phi) is 4.31. The molecule has 1 unspecified atom stereocenters. The van der Waals surface area contributed by atoms with Gasteiger partial charge < -0.3 is 4.42 Å². The van der Waals surface area contributed by atoms with E-state index in [-0.39, 0.29) is 17.1 Å². The van der Waals surface area contributed by atoms with E-state index in [1.54, 1.807) is 6.92 Å². The smallest absolute Gasteiger partial charge is 0.192 e. The molecule has 3 heteroatoms. The number of rotatable bonds is 1. The Hall–Kier alpha value is -3.72. The minimum Gasteiger partial charge on any atom is -0.461 e. The number of fused-ring (bicyclic) bond motifs is 6. The molecule has 1 aromatic heterocycles. The Balaban J connectivity index is 1.67. The number of benzene rings is 3. The van der Waals surface area contributed by atoms with E-state index in [1.165, 1.54) is 22.8 Å². The largest absolute Gasteiger partial charge is 0.461 e. The maximum Gasteiger partial charge on any atom is 0.192 e. The summed E-state index contributed by atoms with van der Waals surface area (Å²) >= 11 is 0. The number of ketones is 1. The van der Waals surface area contributed by atoms with Crippen molar-refractivity contribution in [2.24, 2.45) is 0 Å². The number of hydrogen-bond donors (Lipinski definition) is 0. The first-order chi connectivity index (χ1) is 15.9. The van der Waals surface area contributed by atoms with Gasteiger partial charge in [-0.1, -0.05) is 59.7 Å². The number of carbonyl (C=O) groups is 1. The first-order valence-corrected chi connectivity index (χ1v) is 11.4. The Bertz CT molecular complexity index is 1580. The molecule has 0 bridgehead atoms. The minimum absolute atomic E-state index is 0.0391. The molecule has 2 aliphatic carbocycles. The summed E-state index contributed by atoms with van der Waals surface area (Å²) in [5.41, 5.74) is 10.2. The van der Waals surface area contributed by atoms with Crippen LogP contribution < -0.4 is 5.43 Å². The Morgan fingerprint density at radius 2 is 1.67 bits per heavy atom. The lowest BCUT2D eigenvalue weighted by molar-refractivity contribution is 0.0990. The van der Waals surface area contributed by atoms with Crippen LogP contribution in [0.3, 0.4) is 0 Å². The standard InChI is InChI=1S/C30H24O3/c1-16-7-9-21-20(11-16)15-27(32)29-22(21)10-8-19-12-17(2)13-25(28(19)29)23-5-4-6-24-26(31)14-18(3)33-30(23)24/h4-11,13-14,25H,12,15H2,1-3H3. The molecule has 162 valence electrons. The van der Waals surface area contributed by atoms with Crippen LogP contribution in [0.1, 0.15) is 56.8 Å². The Labute approximate surface area is 192 Å². The van der Waals surface area contributed by atoms with Gasteiger partial charge in [0.15, 0.2) is 11.2 Å². The van der Waals surface area contributed by atoms with Crippen molar-refractivity contribution in [1.29, 1.82) is 0 Å². The molecule has 0 N–H and O–H groups in total. The normalized spacial score (nSPS) is 16.8. The van der Waals surface area contributed by atoms with Crippen LogP contribution in [-0.4, -0.2) is 5.78 Å². The molecule has 0 amide bonds. The molecule has 33 heavy (non-hydrogen) atoms. The second-order valence-corrected chi connectivity index (χ2v) is 9.43. The third kappa shape index (κ3) is 3.03. The van der Waals surface area contributed by atoms with E-state index in [2.05, 4.69) is 50.3 Å². The summed E-state index contributed by atoms with van der Waals surface area (Å²) < 4.78 is 6.10. The van der Waals surface area contributed by atoms with E-state index in [0.717, 1.165) is 39.8 Å². The van der Waals surface area contributed by atoms with Crippen molar-refractivity contribution in [2.75, 3.05) is 0 Å². The molecule has 0 saturated heterocycles. The van der Waals surface area contributed by atoms with Crippen LogP contribution in [0.5, 0.6) is 0 Å². The Morgan fingerprint density at radius 3 is 2.52 bits per heavy atom. The molecule has 4 aromatic rings. The lowest BCUT2D eigenvalue weighted by Crippen LogP contribution is -2.21. The first kappa shape index (κ1) is 19.9. The highest BCUT2D eigenvalue weighted by atomic mass is 16.3. The summed E-state index contributed by atoms with van der Waals surface area (Å²) in [5.74, 6) is 0.608. The van der Waals surface area contributed by atoms with Gasteiger partial charge in [-0.3, -0.25) is 9.59 Å². The van der Waals surface area contributed by atoms with Gasteiger partial charge in [-0.25, -0.2) is 0 Å². The zero-order valence-corrected chi connectivity index (χ0v) is 19.0. The monoisotopic (exact) mass is 432 g/mol. The van der Waals surface area contributed by atoms with E-state index in [4.69, 9.17) is 4.42 Å². The SMILES string of the molecule is CC1=CC(c2cccc3c(=O)cc(C)oc23)c2c(ccc3c2C(=O)Cc2cc(C)ccc2-3)C1. The zero-order valence-electron chi connectivity index (χ0n) is 19.0. The molecular formula is C30H24O3. The van der Waals surface area contributed by atoms with Crippen LogP contribution in [0.2, 0.25) is 0 Å². The summed E-state index contributed by atoms with van der Waals surface area (Å²) in [6.07, 6.45) is 3.47. The van der Waals surface area contributed by atoms with Crippen LogP contribution in [0.4, 0.5) is 0 Å². The minimum atomic E-state index is -0.145. The van der Waals surface area contributed by atoms with E-state index >= 15 is 0 Å². The lowest BCUT2D eigenvalue weighted by atomic mass is 9.72. The van der Waals surface area contributed by atoms with Gasteiger partial charge in [-0.05, 0) is 61.1 Å². The third-order valence-electron chi connectivity index (χ3n) is 6.99. The van der Waals surface area contributed by atoms with Crippen molar-refractivity contribution in [3.05, 3.63) is 116 Å². The highest BCUT2D eigenvalue weighted by Gasteiger charge is 2.33. The van der Waals surface area contributed by atoms with E-state index in [0.29, 0.717) is 23.2 Å². The number of carbonyl (C=O) groups excluding carboxylic acids is 1. The molecule has 0 fully saturated rings. The molecule has 0 aliphatic heterocycles.